The van der Waals surface area contributed by atoms with Crippen LogP contribution in [0.15, 0.2) is 59.3 Å². The van der Waals surface area contributed by atoms with Crippen LogP contribution in [-0.2, 0) is 11.3 Å². The Morgan fingerprint density at radius 1 is 1.14 bits per heavy atom. The number of methoxy groups -OCH3 is 1. The third-order valence-electron chi connectivity index (χ3n) is 4.59. The highest BCUT2D eigenvalue weighted by molar-refractivity contribution is 5.93. The third-order valence-corrected chi connectivity index (χ3v) is 4.59. The van der Waals surface area contributed by atoms with Crippen molar-refractivity contribution in [2.24, 2.45) is 0 Å². The highest BCUT2D eigenvalue weighted by Gasteiger charge is 2.23. The van der Waals surface area contributed by atoms with E-state index < -0.39 is 5.82 Å². The summed E-state index contributed by atoms with van der Waals surface area (Å²) in [6.07, 6.45) is 1.85. The van der Waals surface area contributed by atoms with Gasteiger partial charge in [-0.1, -0.05) is 34.6 Å². The number of halogens is 1. The van der Waals surface area contributed by atoms with Gasteiger partial charge in [-0.2, -0.15) is 4.98 Å². The number of H-pyrrole nitrogens is 1. The first-order valence-corrected chi connectivity index (χ1v) is 8.85. The number of rotatable bonds is 5. The lowest BCUT2D eigenvalue weighted by molar-refractivity contribution is 0.179. The second-order valence-corrected chi connectivity index (χ2v) is 6.35. The zero-order valence-corrected chi connectivity index (χ0v) is 15.3. The SMILES string of the molecule is COCc1c(-c2nc(-c3cccc4[nH]ccc34)no2)nnn1-c1ccccc1F. The quantitative estimate of drug-likeness (QED) is 0.491. The zero-order valence-electron chi connectivity index (χ0n) is 15.3. The van der Waals surface area contributed by atoms with E-state index in [0.717, 1.165) is 16.5 Å². The molecule has 0 atom stereocenters. The van der Waals surface area contributed by atoms with Crippen molar-refractivity contribution < 1.29 is 13.7 Å². The molecule has 8 nitrogen and oxygen atoms in total. The van der Waals surface area contributed by atoms with Gasteiger partial charge in [0.25, 0.3) is 5.89 Å². The van der Waals surface area contributed by atoms with E-state index in [2.05, 4.69) is 25.4 Å². The number of benzene rings is 2. The van der Waals surface area contributed by atoms with Crippen LogP contribution in [0.2, 0.25) is 0 Å². The summed E-state index contributed by atoms with van der Waals surface area (Å²) < 4.78 is 26.4. The molecule has 0 fully saturated rings. The van der Waals surface area contributed by atoms with Crippen molar-refractivity contribution in [2.75, 3.05) is 7.11 Å². The van der Waals surface area contributed by atoms with Crippen molar-refractivity contribution in [3.63, 3.8) is 0 Å². The Balaban J connectivity index is 1.61. The largest absolute Gasteiger partial charge is 0.378 e. The average Bonchev–Trinajstić information content (AvgIpc) is 3.47. The summed E-state index contributed by atoms with van der Waals surface area (Å²) in [4.78, 5) is 7.65. The van der Waals surface area contributed by atoms with Gasteiger partial charge >= 0.3 is 0 Å². The van der Waals surface area contributed by atoms with Crippen LogP contribution in [0, 0.1) is 5.82 Å². The van der Waals surface area contributed by atoms with Gasteiger partial charge in [0.05, 0.1) is 6.61 Å². The van der Waals surface area contributed by atoms with Crippen LogP contribution in [0.3, 0.4) is 0 Å². The minimum absolute atomic E-state index is 0.141. The fourth-order valence-electron chi connectivity index (χ4n) is 3.26. The molecule has 0 radical (unpaired) electrons. The highest BCUT2D eigenvalue weighted by atomic mass is 19.1. The average molecular weight is 390 g/mol. The molecule has 3 heterocycles. The Morgan fingerprint density at radius 2 is 2.03 bits per heavy atom. The second-order valence-electron chi connectivity index (χ2n) is 6.35. The van der Waals surface area contributed by atoms with Crippen molar-refractivity contribution >= 4 is 10.9 Å². The van der Waals surface area contributed by atoms with Crippen LogP contribution in [0.5, 0.6) is 0 Å². The Kier molecular flexibility index (Phi) is 4.14. The van der Waals surface area contributed by atoms with E-state index in [-0.39, 0.29) is 18.2 Å². The molecule has 0 bridgehead atoms. The van der Waals surface area contributed by atoms with Crippen molar-refractivity contribution in [3.05, 3.63) is 66.2 Å². The second kappa shape index (κ2) is 6.95. The number of hydrogen-bond donors (Lipinski definition) is 1. The van der Waals surface area contributed by atoms with Gasteiger partial charge in [0.15, 0.2) is 5.69 Å². The maximum Gasteiger partial charge on any atom is 0.280 e. The number of nitrogens with zero attached hydrogens (tertiary/aromatic N) is 5. The predicted octanol–water partition coefficient (Wildman–Crippen LogP) is 3.75. The van der Waals surface area contributed by atoms with E-state index in [1.165, 1.54) is 17.9 Å². The molecule has 0 aliphatic carbocycles. The van der Waals surface area contributed by atoms with E-state index in [1.807, 2.05) is 30.5 Å². The molecule has 0 spiro atoms. The summed E-state index contributed by atoms with van der Waals surface area (Å²) in [5.41, 5.74) is 2.91. The third kappa shape index (κ3) is 2.88. The molecule has 0 saturated heterocycles. The molecule has 0 saturated carbocycles. The maximum atomic E-state index is 14.3. The van der Waals surface area contributed by atoms with E-state index in [4.69, 9.17) is 9.26 Å². The first kappa shape index (κ1) is 17.3. The molecule has 0 aliphatic rings. The van der Waals surface area contributed by atoms with E-state index in [0.29, 0.717) is 17.2 Å². The molecule has 0 amide bonds. The monoisotopic (exact) mass is 390 g/mol. The van der Waals surface area contributed by atoms with Gasteiger partial charge in [0.2, 0.25) is 5.82 Å². The molecular formula is C20H15FN6O2. The van der Waals surface area contributed by atoms with Crippen LogP contribution in [-0.4, -0.2) is 37.2 Å². The van der Waals surface area contributed by atoms with E-state index in [9.17, 15) is 4.39 Å². The Morgan fingerprint density at radius 3 is 2.90 bits per heavy atom. The van der Waals surface area contributed by atoms with Gasteiger partial charge in [-0.25, -0.2) is 9.07 Å². The van der Waals surface area contributed by atoms with Gasteiger partial charge < -0.3 is 14.2 Å². The molecule has 0 aliphatic heterocycles. The molecule has 9 heteroatoms. The molecular weight excluding hydrogens is 375 g/mol. The number of para-hydroxylation sites is 1. The first-order chi connectivity index (χ1) is 14.3. The Labute approximate surface area is 163 Å². The van der Waals surface area contributed by atoms with E-state index in [1.54, 1.807) is 18.2 Å². The fraction of sp³-hybridized carbons (Fsp3) is 0.100. The molecule has 144 valence electrons. The number of hydrogen-bond acceptors (Lipinski definition) is 6. The Bertz CT molecular complexity index is 1310. The molecule has 5 aromatic rings. The van der Waals surface area contributed by atoms with Gasteiger partial charge in [-0.05, 0) is 24.3 Å². The molecule has 3 aromatic heterocycles. The van der Waals surface area contributed by atoms with Gasteiger partial charge in [0, 0.05) is 29.8 Å². The molecule has 29 heavy (non-hydrogen) atoms. The van der Waals surface area contributed by atoms with Gasteiger partial charge in [0.1, 0.15) is 17.2 Å². The van der Waals surface area contributed by atoms with Crippen molar-refractivity contribution in [1.29, 1.82) is 0 Å². The predicted molar refractivity (Wildman–Crippen MR) is 103 cm³/mol. The number of ether oxygens (including phenoxy) is 1. The van der Waals surface area contributed by atoms with Crippen LogP contribution in [0.4, 0.5) is 4.39 Å². The van der Waals surface area contributed by atoms with Gasteiger partial charge in [-0.15, -0.1) is 5.10 Å². The van der Waals surface area contributed by atoms with Crippen LogP contribution < -0.4 is 0 Å². The summed E-state index contributed by atoms with van der Waals surface area (Å²) in [5.74, 6) is 0.183. The summed E-state index contributed by atoms with van der Waals surface area (Å²) in [6.45, 7) is 0.141. The van der Waals surface area contributed by atoms with Gasteiger partial charge in [-0.3, -0.25) is 0 Å². The number of fused-ring (bicyclic) bond motifs is 1. The van der Waals surface area contributed by atoms with Crippen LogP contribution >= 0.6 is 0 Å². The van der Waals surface area contributed by atoms with Crippen LogP contribution in [0.1, 0.15) is 5.69 Å². The van der Waals surface area contributed by atoms with Crippen LogP contribution in [0.25, 0.3) is 39.6 Å². The first-order valence-electron chi connectivity index (χ1n) is 8.85. The van der Waals surface area contributed by atoms with Crippen molar-refractivity contribution in [3.8, 4) is 28.7 Å². The zero-order chi connectivity index (χ0) is 19.8. The normalized spacial score (nSPS) is 11.4. The lowest BCUT2D eigenvalue weighted by atomic mass is 10.1. The molecule has 5 rings (SSSR count). The maximum absolute atomic E-state index is 14.3. The molecule has 1 N–H and O–H groups in total. The number of aromatic amines is 1. The minimum atomic E-state index is -0.424. The summed E-state index contributed by atoms with van der Waals surface area (Å²) in [6, 6.07) is 14.0. The minimum Gasteiger partial charge on any atom is -0.378 e. The topological polar surface area (TPSA) is 94.7 Å². The molecule has 2 aromatic carbocycles. The smallest absolute Gasteiger partial charge is 0.280 e. The highest BCUT2D eigenvalue weighted by Crippen LogP contribution is 2.29. The Hall–Kier alpha value is -3.85. The summed E-state index contributed by atoms with van der Waals surface area (Å²) >= 11 is 0. The lowest BCUT2D eigenvalue weighted by Gasteiger charge is -2.06. The standard InChI is InChI=1S/C20H15FN6O2/c1-28-11-17-18(24-26-27(17)16-8-3-2-6-14(16)21)20-23-19(25-29-20)13-5-4-7-15-12(13)9-10-22-15/h2-10,22H,11H2,1H3. The lowest BCUT2D eigenvalue weighted by Crippen LogP contribution is -2.06. The number of aromatic nitrogens is 6. The van der Waals surface area contributed by atoms with Crippen molar-refractivity contribution in [2.45, 2.75) is 6.61 Å². The molecule has 0 unspecified atom stereocenters. The van der Waals surface area contributed by atoms with E-state index >= 15 is 0 Å². The van der Waals surface area contributed by atoms with Crippen molar-refractivity contribution in [1.82, 2.24) is 30.1 Å². The fourth-order valence-corrected chi connectivity index (χ4v) is 3.26. The summed E-state index contributed by atoms with van der Waals surface area (Å²) in [5, 5.41) is 13.3. The number of nitrogens with one attached hydrogen (secondary N) is 1. The summed E-state index contributed by atoms with van der Waals surface area (Å²) in [7, 11) is 1.54.